The molecule has 0 bridgehead atoms. The van der Waals surface area contributed by atoms with E-state index in [2.05, 4.69) is 48.2 Å². The lowest BCUT2D eigenvalue weighted by atomic mass is 9.97. The molecule has 0 spiro atoms. The van der Waals surface area contributed by atoms with Crippen molar-refractivity contribution in [3.05, 3.63) is 36.4 Å². The molecule has 1 aliphatic heterocycles. The minimum absolute atomic E-state index is 0. The molecule has 0 amide bonds. The summed E-state index contributed by atoms with van der Waals surface area (Å²) in [6.45, 7) is 2.29. The highest BCUT2D eigenvalue weighted by atomic mass is 127. The van der Waals surface area contributed by atoms with Crippen LogP contribution in [0.1, 0.15) is 24.7 Å². The van der Waals surface area contributed by atoms with Gasteiger partial charge in [-0.1, -0.05) is 23.4 Å². The third-order valence-electron chi connectivity index (χ3n) is 4.96. The van der Waals surface area contributed by atoms with Crippen LogP contribution in [0, 0.1) is 0 Å². The predicted octanol–water partition coefficient (Wildman–Crippen LogP) is 0.186. The van der Waals surface area contributed by atoms with Crippen LogP contribution in [0.5, 0.6) is 0 Å². The Morgan fingerprint density at radius 1 is 1.25 bits per heavy atom. The number of benzene rings is 1. The van der Waals surface area contributed by atoms with E-state index in [1.165, 1.54) is 23.9 Å². The fourth-order valence-corrected chi connectivity index (χ4v) is 3.78. The lowest BCUT2D eigenvalue weighted by Gasteiger charge is -2.36. The molecule has 1 atom stereocenters. The van der Waals surface area contributed by atoms with E-state index in [0.717, 1.165) is 28.9 Å². The average Bonchev–Trinajstić information content (AvgIpc) is 3.12. The van der Waals surface area contributed by atoms with Crippen molar-refractivity contribution in [3.8, 4) is 11.4 Å². The van der Waals surface area contributed by atoms with E-state index < -0.39 is 0 Å². The monoisotopic (exact) mass is 438 g/mol. The third-order valence-corrected chi connectivity index (χ3v) is 4.96. The van der Waals surface area contributed by atoms with Crippen LogP contribution < -0.4 is 24.0 Å². The van der Waals surface area contributed by atoms with Gasteiger partial charge in [-0.3, -0.25) is 0 Å². The summed E-state index contributed by atoms with van der Waals surface area (Å²) in [7, 11) is 6.59. The average molecular weight is 438 g/mol. The van der Waals surface area contributed by atoms with Gasteiger partial charge in [-0.15, -0.1) is 0 Å². The van der Waals surface area contributed by atoms with Gasteiger partial charge in [0, 0.05) is 29.7 Å². The van der Waals surface area contributed by atoms with Crippen LogP contribution in [0.25, 0.3) is 22.3 Å². The second-order valence-corrected chi connectivity index (χ2v) is 7.31. The molecule has 4 rings (SSSR count). The minimum atomic E-state index is 0. The van der Waals surface area contributed by atoms with Gasteiger partial charge in [-0.05, 0) is 18.9 Å². The maximum Gasteiger partial charge on any atom is 0.235 e. The van der Waals surface area contributed by atoms with Gasteiger partial charge in [-0.25, -0.2) is 0 Å². The number of rotatable bonds is 2. The summed E-state index contributed by atoms with van der Waals surface area (Å²) in [5.74, 6) is 1.86. The Labute approximate surface area is 159 Å². The molecule has 1 fully saturated rings. The van der Waals surface area contributed by atoms with Crippen LogP contribution in [-0.2, 0) is 7.05 Å². The first-order valence-electron chi connectivity index (χ1n) is 8.23. The lowest BCUT2D eigenvalue weighted by Crippen LogP contribution is -3.00. The van der Waals surface area contributed by atoms with Gasteiger partial charge in [0.05, 0.1) is 33.1 Å². The summed E-state index contributed by atoms with van der Waals surface area (Å²) in [5.41, 5.74) is 2.23. The number of aromatic nitrogens is 3. The second-order valence-electron chi connectivity index (χ2n) is 7.31. The maximum absolute atomic E-state index is 5.63. The van der Waals surface area contributed by atoms with E-state index in [0.29, 0.717) is 11.7 Å². The highest BCUT2D eigenvalue weighted by molar-refractivity contribution is 5.94. The number of quaternary nitrogens is 1. The van der Waals surface area contributed by atoms with Gasteiger partial charge in [0.1, 0.15) is 0 Å². The Hall–Kier alpha value is -1.41. The number of piperidine rings is 1. The van der Waals surface area contributed by atoms with Crippen LogP contribution in [0.3, 0.4) is 0 Å². The van der Waals surface area contributed by atoms with Gasteiger partial charge in [0.15, 0.2) is 0 Å². The molecular weight excluding hydrogens is 415 g/mol. The first-order valence-corrected chi connectivity index (χ1v) is 8.23. The van der Waals surface area contributed by atoms with Gasteiger partial charge >= 0.3 is 0 Å². The standard InChI is InChI=1S/C18H23N4O.HI/c1-21-11-15(14-8-4-5-9-16(14)21)17-19-18(23-20-17)13-7-6-10-22(2,3)12-13;/h4-5,8-9,11,13H,6-7,10,12H2,1-3H3;1H/q+1;/p-1. The number of hydrogen-bond acceptors (Lipinski definition) is 3. The molecule has 5 nitrogen and oxygen atoms in total. The molecular formula is C18H23IN4O. The summed E-state index contributed by atoms with van der Waals surface area (Å²) in [6.07, 6.45) is 4.43. The van der Waals surface area contributed by atoms with Crippen LogP contribution in [0.15, 0.2) is 35.0 Å². The Bertz CT molecular complexity index is 852. The summed E-state index contributed by atoms with van der Waals surface area (Å²) < 4.78 is 8.77. The highest BCUT2D eigenvalue weighted by Crippen LogP contribution is 2.32. The van der Waals surface area contributed by atoms with Crippen LogP contribution >= 0.6 is 0 Å². The van der Waals surface area contributed by atoms with Gasteiger partial charge < -0.3 is 37.5 Å². The van der Waals surface area contributed by atoms with Crippen LogP contribution in [-0.4, -0.2) is 46.4 Å². The number of likely N-dealkylation sites (N-methyl/N-ethyl adjacent to an activating group) is 1. The highest BCUT2D eigenvalue weighted by Gasteiger charge is 2.32. The van der Waals surface area contributed by atoms with E-state index in [-0.39, 0.29) is 24.0 Å². The first-order chi connectivity index (χ1) is 11.0. The van der Waals surface area contributed by atoms with Gasteiger partial charge in [-0.2, -0.15) is 4.98 Å². The Morgan fingerprint density at radius 3 is 2.83 bits per heavy atom. The van der Waals surface area contributed by atoms with Crippen molar-refractivity contribution in [2.24, 2.45) is 7.05 Å². The molecule has 0 N–H and O–H groups in total. The topological polar surface area (TPSA) is 43.9 Å². The molecule has 3 aromatic rings. The van der Waals surface area contributed by atoms with Crippen LogP contribution in [0.4, 0.5) is 0 Å². The molecule has 1 aromatic carbocycles. The Kier molecular flexibility index (Phi) is 4.70. The second kappa shape index (κ2) is 6.48. The lowest BCUT2D eigenvalue weighted by molar-refractivity contribution is -0.896. The molecule has 0 aliphatic carbocycles. The summed E-state index contributed by atoms with van der Waals surface area (Å²) in [4.78, 5) is 4.73. The molecule has 1 saturated heterocycles. The first kappa shape index (κ1) is 17.4. The predicted molar refractivity (Wildman–Crippen MR) is 90.0 cm³/mol. The number of likely N-dealkylation sites (tertiary alicyclic amines) is 1. The molecule has 2 aromatic heterocycles. The summed E-state index contributed by atoms with van der Waals surface area (Å²) in [5, 5.41) is 5.44. The number of hydrogen-bond donors (Lipinski definition) is 0. The quantitative estimate of drug-likeness (QED) is 0.424. The van der Waals surface area contributed by atoms with Gasteiger partial charge in [0.2, 0.25) is 11.7 Å². The minimum Gasteiger partial charge on any atom is -1.00 e. The smallest absolute Gasteiger partial charge is 0.235 e. The van der Waals surface area contributed by atoms with Crippen molar-refractivity contribution in [1.29, 1.82) is 0 Å². The number of halogens is 1. The molecule has 0 saturated carbocycles. The van der Waals surface area contributed by atoms with Crippen molar-refractivity contribution in [2.75, 3.05) is 27.2 Å². The summed E-state index contributed by atoms with van der Waals surface area (Å²) in [6, 6.07) is 8.33. The molecule has 0 radical (unpaired) electrons. The van der Waals surface area contributed by atoms with E-state index >= 15 is 0 Å². The number of fused-ring (bicyclic) bond motifs is 1. The zero-order chi connectivity index (χ0) is 16.0. The molecule has 1 unspecified atom stereocenters. The fraction of sp³-hybridized carbons (Fsp3) is 0.444. The Balaban J connectivity index is 0.00000169. The summed E-state index contributed by atoms with van der Waals surface area (Å²) >= 11 is 0. The zero-order valence-electron chi connectivity index (χ0n) is 14.4. The number of para-hydroxylation sites is 1. The molecule has 3 heterocycles. The maximum atomic E-state index is 5.63. The number of nitrogens with zero attached hydrogens (tertiary/aromatic N) is 4. The van der Waals surface area contributed by atoms with E-state index in [1.807, 2.05) is 13.1 Å². The van der Waals surface area contributed by atoms with E-state index in [1.54, 1.807) is 0 Å². The molecule has 1 aliphatic rings. The molecule has 24 heavy (non-hydrogen) atoms. The molecule has 6 heteroatoms. The SMILES string of the molecule is Cn1cc(-c2noc(C3CCC[N+](C)(C)C3)n2)c2ccccc21.[I-]. The largest absolute Gasteiger partial charge is 1.00 e. The normalized spacial score (nSPS) is 20.0. The van der Waals surface area contributed by atoms with E-state index in [9.17, 15) is 0 Å². The van der Waals surface area contributed by atoms with Crippen molar-refractivity contribution < 1.29 is 33.0 Å². The third kappa shape index (κ3) is 3.09. The number of aryl methyl sites for hydroxylation is 1. The van der Waals surface area contributed by atoms with Crippen molar-refractivity contribution in [1.82, 2.24) is 14.7 Å². The van der Waals surface area contributed by atoms with Crippen LogP contribution in [0.2, 0.25) is 0 Å². The zero-order valence-corrected chi connectivity index (χ0v) is 16.5. The Morgan fingerprint density at radius 2 is 2.04 bits per heavy atom. The molecule has 128 valence electrons. The van der Waals surface area contributed by atoms with Crippen molar-refractivity contribution >= 4 is 10.9 Å². The van der Waals surface area contributed by atoms with Crippen molar-refractivity contribution in [2.45, 2.75) is 18.8 Å². The van der Waals surface area contributed by atoms with Gasteiger partial charge in [0.25, 0.3) is 0 Å². The van der Waals surface area contributed by atoms with E-state index in [4.69, 9.17) is 9.51 Å². The van der Waals surface area contributed by atoms with Crippen molar-refractivity contribution in [3.63, 3.8) is 0 Å². The fourth-order valence-electron chi connectivity index (χ4n) is 3.78.